The highest BCUT2D eigenvalue weighted by Gasteiger charge is 2.20. The zero-order chi connectivity index (χ0) is 15.0. The molecule has 0 aliphatic heterocycles. The molecule has 110 valence electrons. The third-order valence-electron chi connectivity index (χ3n) is 2.47. The van der Waals surface area contributed by atoms with Gasteiger partial charge in [-0.15, -0.1) is 0 Å². The van der Waals surface area contributed by atoms with Gasteiger partial charge in [0.25, 0.3) is 0 Å². The molecule has 0 unspecified atom stereocenters. The lowest BCUT2D eigenvalue weighted by Crippen LogP contribution is -2.40. The van der Waals surface area contributed by atoms with E-state index in [4.69, 9.17) is 0 Å². The van der Waals surface area contributed by atoms with Gasteiger partial charge in [-0.1, -0.05) is 0 Å². The molecule has 1 aromatic rings. The molecule has 0 aliphatic carbocycles. The Kier molecular flexibility index (Phi) is 6.14. The van der Waals surface area contributed by atoms with Gasteiger partial charge in [0.15, 0.2) is 0 Å². The molecule has 20 heavy (non-hydrogen) atoms. The van der Waals surface area contributed by atoms with Gasteiger partial charge < -0.3 is 14.4 Å². The highest BCUT2D eigenvalue weighted by atomic mass is 16.5. The predicted octanol–water partition coefficient (Wildman–Crippen LogP) is -1.16. The molecule has 0 aliphatic rings. The molecule has 1 aromatic heterocycles. The molecule has 9 heteroatoms. The van der Waals surface area contributed by atoms with Crippen molar-refractivity contribution in [2.75, 3.05) is 27.3 Å². The maximum atomic E-state index is 12.0. The van der Waals surface area contributed by atoms with Crippen molar-refractivity contribution < 1.29 is 23.9 Å². The summed E-state index contributed by atoms with van der Waals surface area (Å²) in [6.07, 6.45) is 2.90. The van der Waals surface area contributed by atoms with Crippen molar-refractivity contribution in [3.05, 3.63) is 12.7 Å². The molecule has 0 atom stereocenters. The van der Waals surface area contributed by atoms with E-state index in [1.165, 1.54) is 31.6 Å². The van der Waals surface area contributed by atoms with E-state index in [9.17, 15) is 14.4 Å². The lowest BCUT2D eigenvalue weighted by molar-refractivity contribution is -0.152. The Balaban J connectivity index is 2.57. The number of carbonyl (C=O) groups is 3. The maximum Gasteiger partial charge on any atom is 0.325 e. The summed E-state index contributed by atoms with van der Waals surface area (Å²) in [5.74, 6) is -1.60. The zero-order valence-electron chi connectivity index (χ0n) is 11.3. The fourth-order valence-corrected chi connectivity index (χ4v) is 1.39. The SMILES string of the molecule is COC(=O)CN(CC(=O)OC)C(=O)CCn1cncn1. The van der Waals surface area contributed by atoms with Crippen LogP contribution in [0.3, 0.4) is 0 Å². The van der Waals surface area contributed by atoms with E-state index in [1.54, 1.807) is 0 Å². The smallest absolute Gasteiger partial charge is 0.325 e. The number of aromatic nitrogens is 3. The quantitative estimate of drug-likeness (QED) is 0.582. The normalized spacial score (nSPS) is 9.90. The summed E-state index contributed by atoms with van der Waals surface area (Å²) in [4.78, 5) is 39.3. The standard InChI is InChI=1S/C11H16N4O5/c1-19-10(17)5-14(6-11(18)20-2)9(16)3-4-15-8-12-7-13-15/h7-8H,3-6H2,1-2H3. The fraction of sp³-hybridized carbons (Fsp3) is 0.545. The van der Waals surface area contributed by atoms with E-state index in [2.05, 4.69) is 19.6 Å². The number of esters is 2. The first-order valence-corrected chi connectivity index (χ1v) is 5.80. The van der Waals surface area contributed by atoms with E-state index in [-0.39, 0.29) is 25.4 Å². The second-order valence-electron chi connectivity index (χ2n) is 3.81. The molecule has 1 heterocycles. The number of hydrogen-bond donors (Lipinski definition) is 0. The minimum Gasteiger partial charge on any atom is -0.468 e. The first-order valence-electron chi connectivity index (χ1n) is 5.80. The monoisotopic (exact) mass is 284 g/mol. The molecule has 0 fully saturated rings. The van der Waals surface area contributed by atoms with Crippen LogP contribution in [0.1, 0.15) is 6.42 Å². The fourth-order valence-electron chi connectivity index (χ4n) is 1.39. The molecule has 0 saturated carbocycles. The summed E-state index contributed by atoms with van der Waals surface area (Å²) >= 11 is 0. The molecule has 0 radical (unpaired) electrons. The average molecular weight is 284 g/mol. The third kappa shape index (κ3) is 5.04. The Morgan fingerprint density at radius 2 is 1.75 bits per heavy atom. The number of aryl methyl sites for hydroxylation is 1. The number of rotatable bonds is 7. The van der Waals surface area contributed by atoms with Crippen LogP contribution >= 0.6 is 0 Å². The number of nitrogens with zero attached hydrogens (tertiary/aromatic N) is 4. The van der Waals surface area contributed by atoms with Crippen molar-refractivity contribution in [1.82, 2.24) is 19.7 Å². The summed E-state index contributed by atoms with van der Waals surface area (Å²) in [5, 5.41) is 3.85. The van der Waals surface area contributed by atoms with E-state index >= 15 is 0 Å². The van der Waals surface area contributed by atoms with Gasteiger partial charge >= 0.3 is 11.9 Å². The van der Waals surface area contributed by atoms with Gasteiger partial charge in [0.2, 0.25) is 5.91 Å². The van der Waals surface area contributed by atoms with Gasteiger partial charge in [0.05, 0.1) is 20.8 Å². The Labute approximate surface area is 115 Å². The largest absolute Gasteiger partial charge is 0.468 e. The van der Waals surface area contributed by atoms with Crippen molar-refractivity contribution in [2.24, 2.45) is 0 Å². The minimum atomic E-state index is -0.608. The van der Waals surface area contributed by atoms with Gasteiger partial charge in [-0.25, -0.2) is 4.98 Å². The summed E-state index contributed by atoms with van der Waals surface area (Å²) in [7, 11) is 2.41. The molecule has 0 bridgehead atoms. The van der Waals surface area contributed by atoms with Crippen molar-refractivity contribution >= 4 is 17.8 Å². The van der Waals surface area contributed by atoms with Crippen LogP contribution in [0, 0.1) is 0 Å². The van der Waals surface area contributed by atoms with Crippen LogP contribution in [0.5, 0.6) is 0 Å². The summed E-state index contributed by atoms with van der Waals surface area (Å²) < 4.78 is 10.4. The van der Waals surface area contributed by atoms with Crippen LogP contribution in [0.4, 0.5) is 0 Å². The number of amides is 1. The first-order chi connectivity index (χ1) is 9.56. The molecule has 1 rings (SSSR count). The first kappa shape index (κ1) is 15.6. The number of carbonyl (C=O) groups excluding carboxylic acids is 3. The zero-order valence-corrected chi connectivity index (χ0v) is 11.3. The Bertz CT molecular complexity index is 441. The number of hydrogen-bond acceptors (Lipinski definition) is 7. The van der Waals surface area contributed by atoms with Crippen molar-refractivity contribution in [1.29, 1.82) is 0 Å². The highest BCUT2D eigenvalue weighted by molar-refractivity contribution is 5.85. The molecular formula is C11H16N4O5. The second-order valence-corrected chi connectivity index (χ2v) is 3.81. The van der Waals surface area contributed by atoms with Gasteiger partial charge in [-0.2, -0.15) is 5.10 Å². The average Bonchev–Trinajstić information content (AvgIpc) is 2.96. The topological polar surface area (TPSA) is 104 Å². The molecule has 9 nitrogen and oxygen atoms in total. The second kappa shape index (κ2) is 7.87. The van der Waals surface area contributed by atoms with Gasteiger partial charge in [-0.3, -0.25) is 19.1 Å². The minimum absolute atomic E-state index is 0.0807. The molecule has 0 spiro atoms. The molecule has 0 N–H and O–H groups in total. The maximum absolute atomic E-state index is 12.0. The molecule has 0 saturated heterocycles. The van der Waals surface area contributed by atoms with Crippen LogP contribution in [0.2, 0.25) is 0 Å². The molecule has 0 aromatic carbocycles. The van der Waals surface area contributed by atoms with Crippen molar-refractivity contribution in [3.8, 4) is 0 Å². The Morgan fingerprint density at radius 3 is 2.20 bits per heavy atom. The van der Waals surface area contributed by atoms with Gasteiger partial charge in [-0.05, 0) is 0 Å². The van der Waals surface area contributed by atoms with Crippen LogP contribution in [0.15, 0.2) is 12.7 Å². The van der Waals surface area contributed by atoms with Crippen LogP contribution in [0.25, 0.3) is 0 Å². The number of ether oxygens (including phenoxy) is 2. The summed E-state index contributed by atoms with van der Waals surface area (Å²) in [5.41, 5.74) is 0. The van der Waals surface area contributed by atoms with Crippen LogP contribution in [-0.2, 0) is 30.4 Å². The lowest BCUT2D eigenvalue weighted by atomic mass is 10.3. The van der Waals surface area contributed by atoms with Crippen molar-refractivity contribution in [2.45, 2.75) is 13.0 Å². The van der Waals surface area contributed by atoms with Crippen LogP contribution in [-0.4, -0.2) is 64.8 Å². The van der Waals surface area contributed by atoms with E-state index in [0.717, 1.165) is 4.90 Å². The van der Waals surface area contributed by atoms with Crippen LogP contribution < -0.4 is 0 Å². The van der Waals surface area contributed by atoms with Gasteiger partial charge in [0, 0.05) is 6.42 Å². The Hall–Kier alpha value is -2.45. The molecular weight excluding hydrogens is 268 g/mol. The van der Waals surface area contributed by atoms with Crippen molar-refractivity contribution in [3.63, 3.8) is 0 Å². The van der Waals surface area contributed by atoms with Gasteiger partial charge in [0.1, 0.15) is 25.7 Å². The Morgan fingerprint density at radius 1 is 1.15 bits per heavy atom. The van der Waals surface area contributed by atoms with E-state index in [1.807, 2.05) is 0 Å². The lowest BCUT2D eigenvalue weighted by Gasteiger charge is -2.20. The predicted molar refractivity (Wildman–Crippen MR) is 65.3 cm³/mol. The van der Waals surface area contributed by atoms with E-state index in [0.29, 0.717) is 6.54 Å². The third-order valence-corrected chi connectivity index (χ3v) is 2.47. The van der Waals surface area contributed by atoms with E-state index < -0.39 is 11.9 Å². The molecule has 1 amide bonds. The number of methoxy groups -OCH3 is 2. The summed E-state index contributed by atoms with van der Waals surface area (Å²) in [6, 6.07) is 0. The highest BCUT2D eigenvalue weighted by Crippen LogP contribution is 1.99. The summed E-state index contributed by atoms with van der Waals surface area (Å²) in [6.45, 7) is -0.304.